The highest BCUT2D eigenvalue weighted by atomic mass is 32.1. The number of aromatic nitrogens is 1. The van der Waals surface area contributed by atoms with Crippen LogP contribution in [0.5, 0.6) is 0 Å². The fourth-order valence-electron chi connectivity index (χ4n) is 0.821. The van der Waals surface area contributed by atoms with E-state index in [1.165, 1.54) is 0 Å². The third-order valence-electron chi connectivity index (χ3n) is 1.44. The minimum atomic E-state index is 0.739. The van der Waals surface area contributed by atoms with Crippen LogP contribution in [0.1, 0.15) is 5.69 Å². The highest BCUT2D eigenvalue weighted by Crippen LogP contribution is 2.03. The maximum atomic E-state index is 5.04. The number of nitrogens with zero attached hydrogens (tertiary/aromatic N) is 2. The van der Waals surface area contributed by atoms with E-state index in [9.17, 15) is 0 Å². The Morgan fingerprint density at radius 2 is 2.58 bits per heavy atom. The molecule has 0 bridgehead atoms. The molecule has 0 aromatic carbocycles. The van der Waals surface area contributed by atoms with Gasteiger partial charge in [-0.15, -0.1) is 11.3 Å². The molecule has 1 aromatic rings. The third kappa shape index (κ3) is 2.42. The van der Waals surface area contributed by atoms with E-state index < -0.39 is 0 Å². The van der Waals surface area contributed by atoms with Crippen LogP contribution in [-0.2, 0) is 6.54 Å². The summed E-state index contributed by atoms with van der Waals surface area (Å²) in [7, 11) is 3.76. The number of hydrogen-bond acceptors (Lipinski definition) is 3. The van der Waals surface area contributed by atoms with Crippen molar-refractivity contribution in [3.05, 3.63) is 16.6 Å². The molecule has 1 rings (SSSR count). The first-order valence-corrected chi connectivity index (χ1v) is 4.89. The summed E-state index contributed by atoms with van der Waals surface area (Å²) in [6.45, 7) is 0.767. The summed E-state index contributed by atoms with van der Waals surface area (Å²) in [5, 5.41) is 5.67. The average Bonchev–Trinajstić information content (AvgIpc) is 2.55. The van der Waals surface area contributed by atoms with Crippen LogP contribution in [0.15, 0.2) is 10.9 Å². The first-order valence-electron chi connectivity index (χ1n) is 3.54. The topological polar surface area (TPSA) is 28.2 Å². The zero-order valence-corrected chi connectivity index (χ0v) is 8.71. The Kier molecular flexibility index (Phi) is 3.43. The van der Waals surface area contributed by atoms with Crippen molar-refractivity contribution in [2.75, 3.05) is 14.1 Å². The fourth-order valence-corrected chi connectivity index (χ4v) is 1.44. The summed E-state index contributed by atoms with van der Waals surface area (Å²) < 4.78 is 0. The molecule has 0 aliphatic carbocycles. The van der Waals surface area contributed by atoms with Gasteiger partial charge >= 0.3 is 0 Å². The van der Waals surface area contributed by atoms with Gasteiger partial charge < -0.3 is 10.2 Å². The maximum absolute atomic E-state index is 5.04. The van der Waals surface area contributed by atoms with E-state index >= 15 is 0 Å². The van der Waals surface area contributed by atoms with Crippen molar-refractivity contribution in [1.29, 1.82) is 0 Å². The minimum absolute atomic E-state index is 0.739. The monoisotopic (exact) mass is 201 g/mol. The standard InChI is InChI=1S/C7H11N3S2/c1-8-7(11)10(2)3-6-4-12-5-9-6/h4-5H,3H2,1-2H3,(H,8,11). The predicted octanol–water partition coefficient (Wildman–Crippen LogP) is 1.08. The highest BCUT2D eigenvalue weighted by molar-refractivity contribution is 7.80. The van der Waals surface area contributed by atoms with E-state index in [-0.39, 0.29) is 0 Å². The Balaban J connectivity index is 2.47. The SMILES string of the molecule is CNC(=S)N(C)Cc1cscn1. The number of hydrogen-bond donors (Lipinski definition) is 1. The van der Waals surface area contributed by atoms with Crippen molar-refractivity contribution in [3.8, 4) is 0 Å². The molecule has 5 heteroatoms. The summed E-state index contributed by atoms with van der Waals surface area (Å²) in [6, 6.07) is 0. The van der Waals surface area contributed by atoms with Gasteiger partial charge in [0.05, 0.1) is 17.7 Å². The van der Waals surface area contributed by atoms with Crippen molar-refractivity contribution in [3.63, 3.8) is 0 Å². The maximum Gasteiger partial charge on any atom is 0.168 e. The van der Waals surface area contributed by atoms with Crippen molar-refractivity contribution in [1.82, 2.24) is 15.2 Å². The quantitative estimate of drug-likeness (QED) is 0.725. The number of nitrogens with one attached hydrogen (secondary N) is 1. The molecule has 1 aromatic heterocycles. The van der Waals surface area contributed by atoms with E-state index in [1.54, 1.807) is 11.3 Å². The normalized spacial score (nSPS) is 9.50. The zero-order valence-electron chi connectivity index (χ0n) is 7.07. The smallest absolute Gasteiger partial charge is 0.168 e. The van der Waals surface area contributed by atoms with Gasteiger partial charge in [-0.25, -0.2) is 4.98 Å². The average molecular weight is 201 g/mol. The van der Waals surface area contributed by atoms with Gasteiger partial charge in [0.25, 0.3) is 0 Å². The predicted molar refractivity (Wildman–Crippen MR) is 55.2 cm³/mol. The highest BCUT2D eigenvalue weighted by Gasteiger charge is 2.03. The fraction of sp³-hybridized carbons (Fsp3) is 0.429. The van der Waals surface area contributed by atoms with Gasteiger partial charge in [-0.05, 0) is 12.2 Å². The van der Waals surface area contributed by atoms with Crippen LogP contribution in [0.2, 0.25) is 0 Å². The van der Waals surface area contributed by atoms with E-state index in [4.69, 9.17) is 12.2 Å². The second kappa shape index (κ2) is 4.37. The van der Waals surface area contributed by atoms with Gasteiger partial charge in [0, 0.05) is 19.5 Å². The molecule has 0 unspecified atom stereocenters. The summed E-state index contributed by atoms with van der Waals surface area (Å²) in [5.74, 6) is 0. The van der Waals surface area contributed by atoms with Crippen LogP contribution in [-0.4, -0.2) is 29.1 Å². The van der Waals surface area contributed by atoms with Crippen LogP contribution in [0.4, 0.5) is 0 Å². The Morgan fingerprint density at radius 1 is 1.83 bits per heavy atom. The molecule has 0 aliphatic heterocycles. The van der Waals surface area contributed by atoms with Gasteiger partial charge in [-0.2, -0.15) is 0 Å². The zero-order chi connectivity index (χ0) is 8.97. The molecule has 0 saturated carbocycles. The van der Waals surface area contributed by atoms with E-state index in [2.05, 4.69) is 10.3 Å². The summed E-state index contributed by atoms with van der Waals surface area (Å²) in [4.78, 5) is 6.11. The molecule has 0 fully saturated rings. The lowest BCUT2D eigenvalue weighted by Crippen LogP contribution is -2.34. The molecule has 0 radical (unpaired) electrons. The molecule has 12 heavy (non-hydrogen) atoms. The first-order chi connectivity index (χ1) is 5.74. The summed E-state index contributed by atoms with van der Waals surface area (Å²) in [5.41, 5.74) is 2.88. The largest absolute Gasteiger partial charge is 0.366 e. The van der Waals surface area contributed by atoms with Gasteiger partial charge in [-0.3, -0.25) is 0 Å². The molecule has 0 spiro atoms. The summed E-state index contributed by atoms with van der Waals surface area (Å²) >= 11 is 6.64. The van der Waals surface area contributed by atoms with Crippen LogP contribution in [0.3, 0.4) is 0 Å². The Labute approximate surface area is 81.4 Å². The third-order valence-corrected chi connectivity index (χ3v) is 2.59. The van der Waals surface area contributed by atoms with Crippen LogP contribution >= 0.6 is 23.6 Å². The Morgan fingerprint density at radius 3 is 3.08 bits per heavy atom. The molecule has 1 heterocycles. The lowest BCUT2D eigenvalue weighted by atomic mass is 10.4. The van der Waals surface area contributed by atoms with E-state index in [0.29, 0.717) is 0 Å². The second-order valence-electron chi connectivity index (χ2n) is 2.39. The van der Waals surface area contributed by atoms with Crippen LogP contribution in [0.25, 0.3) is 0 Å². The van der Waals surface area contributed by atoms with Crippen molar-refractivity contribution >= 4 is 28.7 Å². The molecule has 0 aliphatic rings. The van der Waals surface area contributed by atoms with Crippen molar-refractivity contribution in [2.24, 2.45) is 0 Å². The molecule has 0 saturated heterocycles. The Bertz CT molecular complexity index is 245. The minimum Gasteiger partial charge on any atom is -0.366 e. The van der Waals surface area contributed by atoms with Gasteiger partial charge in [0.15, 0.2) is 5.11 Å². The Hall–Kier alpha value is -0.680. The van der Waals surface area contributed by atoms with Gasteiger partial charge in [-0.1, -0.05) is 0 Å². The number of thiazole rings is 1. The number of rotatable bonds is 2. The molecule has 3 nitrogen and oxygen atoms in total. The van der Waals surface area contributed by atoms with Crippen molar-refractivity contribution in [2.45, 2.75) is 6.54 Å². The molecular weight excluding hydrogens is 190 g/mol. The second-order valence-corrected chi connectivity index (χ2v) is 3.50. The molecule has 0 atom stereocenters. The van der Waals surface area contributed by atoms with Gasteiger partial charge in [0.2, 0.25) is 0 Å². The molecule has 0 amide bonds. The number of thiocarbonyl (C=S) groups is 1. The van der Waals surface area contributed by atoms with Crippen LogP contribution in [0, 0.1) is 0 Å². The van der Waals surface area contributed by atoms with Crippen LogP contribution < -0.4 is 5.32 Å². The summed E-state index contributed by atoms with van der Waals surface area (Å²) in [6.07, 6.45) is 0. The first kappa shape index (κ1) is 9.41. The lowest BCUT2D eigenvalue weighted by Gasteiger charge is -2.17. The van der Waals surface area contributed by atoms with Crippen molar-refractivity contribution < 1.29 is 0 Å². The van der Waals surface area contributed by atoms with E-state index in [1.807, 2.05) is 29.9 Å². The van der Waals surface area contributed by atoms with Gasteiger partial charge in [0.1, 0.15) is 0 Å². The lowest BCUT2D eigenvalue weighted by molar-refractivity contribution is 0.488. The molecular formula is C7H11N3S2. The molecule has 1 N–H and O–H groups in total. The molecule has 66 valence electrons. The van der Waals surface area contributed by atoms with E-state index in [0.717, 1.165) is 17.4 Å².